The second kappa shape index (κ2) is 5.55. The van der Waals surface area contributed by atoms with Gasteiger partial charge in [-0.3, -0.25) is 0 Å². The Hall–Kier alpha value is -0.490. The van der Waals surface area contributed by atoms with Crippen LogP contribution in [0.25, 0.3) is 0 Å². The van der Waals surface area contributed by atoms with E-state index in [1.807, 2.05) is 32.0 Å². The first-order chi connectivity index (χ1) is 7.00. The Morgan fingerprint density at radius 3 is 2.67 bits per heavy atom. The second-order valence-electron chi connectivity index (χ2n) is 3.93. The summed E-state index contributed by atoms with van der Waals surface area (Å²) in [6.45, 7) is 4.57. The largest absolute Gasteiger partial charge is 0.399 e. The van der Waals surface area contributed by atoms with E-state index in [2.05, 4.69) is 27.9 Å². The van der Waals surface area contributed by atoms with Crippen molar-refractivity contribution in [1.29, 1.82) is 0 Å². The van der Waals surface area contributed by atoms with Gasteiger partial charge in [0, 0.05) is 21.5 Å². The summed E-state index contributed by atoms with van der Waals surface area (Å²) in [6, 6.07) is 5.70. The summed E-state index contributed by atoms with van der Waals surface area (Å²) in [5.41, 5.74) is 7.43. The summed E-state index contributed by atoms with van der Waals surface area (Å²) in [5, 5.41) is 12.9. The van der Waals surface area contributed by atoms with Gasteiger partial charge >= 0.3 is 0 Å². The Morgan fingerprint density at radius 1 is 1.47 bits per heavy atom. The summed E-state index contributed by atoms with van der Waals surface area (Å²) in [7, 11) is 0. The van der Waals surface area contributed by atoms with Gasteiger partial charge in [-0.2, -0.15) is 0 Å². The van der Waals surface area contributed by atoms with Gasteiger partial charge in [-0.15, -0.1) is 0 Å². The molecule has 15 heavy (non-hydrogen) atoms. The van der Waals surface area contributed by atoms with E-state index in [9.17, 15) is 5.11 Å². The van der Waals surface area contributed by atoms with Crippen LogP contribution in [0.15, 0.2) is 18.2 Å². The van der Waals surface area contributed by atoms with E-state index in [1.165, 1.54) is 0 Å². The van der Waals surface area contributed by atoms with Crippen molar-refractivity contribution in [2.45, 2.75) is 20.0 Å². The second-order valence-corrected chi connectivity index (χ2v) is 5.09. The lowest BCUT2D eigenvalue weighted by atomic mass is 10.1. The highest BCUT2D eigenvalue weighted by Crippen LogP contribution is 2.20. The molecule has 84 valence electrons. The molecule has 0 heterocycles. The van der Waals surface area contributed by atoms with Crippen molar-refractivity contribution in [3.63, 3.8) is 0 Å². The topological polar surface area (TPSA) is 58.3 Å². The highest BCUT2D eigenvalue weighted by atomic mass is 127. The number of hydrogen-bond acceptors (Lipinski definition) is 3. The van der Waals surface area contributed by atoms with E-state index in [0.717, 1.165) is 14.9 Å². The van der Waals surface area contributed by atoms with Gasteiger partial charge < -0.3 is 16.2 Å². The maximum absolute atomic E-state index is 9.64. The summed E-state index contributed by atoms with van der Waals surface area (Å²) in [5.74, 6) is 0.268. The first-order valence-corrected chi connectivity index (χ1v) is 6.05. The lowest BCUT2D eigenvalue weighted by molar-refractivity contribution is 0.138. The zero-order valence-corrected chi connectivity index (χ0v) is 11.2. The SMILES string of the molecule is CC(C)C(O)CNc1ccc(N)cc1I. The van der Waals surface area contributed by atoms with E-state index < -0.39 is 0 Å². The summed E-state index contributed by atoms with van der Waals surface area (Å²) in [4.78, 5) is 0. The predicted molar refractivity (Wildman–Crippen MR) is 72.9 cm³/mol. The maximum atomic E-state index is 9.64. The first-order valence-electron chi connectivity index (χ1n) is 4.97. The number of aliphatic hydroxyl groups is 1. The van der Waals surface area contributed by atoms with Crippen molar-refractivity contribution < 1.29 is 5.11 Å². The molecule has 0 radical (unpaired) electrons. The van der Waals surface area contributed by atoms with Gasteiger partial charge in [0.05, 0.1) is 6.10 Å². The monoisotopic (exact) mass is 320 g/mol. The van der Waals surface area contributed by atoms with Gasteiger partial charge in [-0.1, -0.05) is 13.8 Å². The van der Waals surface area contributed by atoms with E-state index in [0.29, 0.717) is 6.54 Å². The molecule has 1 rings (SSSR count). The third kappa shape index (κ3) is 3.87. The molecule has 4 heteroatoms. The average molecular weight is 320 g/mol. The van der Waals surface area contributed by atoms with Crippen molar-refractivity contribution in [3.8, 4) is 0 Å². The number of rotatable bonds is 4. The molecule has 0 aliphatic heterocycles. The smallest absolute Gasteiger partial charge is 0.0735 e. The fourth-order valence-electron chi connectivity index (χ4n) is 1.12. The molecule has 4 N–H and O–H groups in total. The molecule has 0 aliphatic rings. The van der Waals surface area contributed by atoms with Crippen molar-refractivity contribution in [1.82, 2.24) is 0 Å². The molecule has 0 amide bonds. The molecule has 1 aromatic rings. The van der Waals surface area contributed by atoms with Crippen LogP contribution in [0, 0.1) is 9.49 Å². The molecule has 0 spiro atoms. The molecular weight excluding hydrogens is 303 g/mol. The number of nitrogen functional groups attached to an aromatic ring is 1. The molecule has 0 bridgehead atoms. The zero-order valence-electron chi connectivity index (χ0n) is 9.00. The Morgan fingerprint density at radius 2 is 2.13 bits per heavy atom. The highest BCUT2D eigenvalue weighted by Gasteiger charge is 2.09. The molecule has 0 aliphatic carbocycles. The van der Waals surface area contributed by atoms with E-state index in [4.69, 9.17) is 5.73 Å². The maximum Gasteiger partial charge on any atom is 0.0735 e. The minimum atomic E-state index is -0.321. The van der Waals surface area contributed by atoms with Gasteiger partial charge in [-0.25, -0.2) is 0 Å². The van der Waals surface area contributed by atoms with Crippen LogP contribution in [0.5, 0.6) is 0 Å². The van der Waals surface area contributed by atoms with Crippen LogP contribution >= 0.6 is 22.6 Å². The quantitative estimate of drug-likeness (QED) is 0.589. The fraction of sp³-hybridized carbons (Fsp3) is 0.455. The molecule has 1 aromatic carbocycles. The number of nitrogens with one attached hydrogen (secondary N) is 1. The van der Waals surface area contributed by atoms with Gasteiger partial charge in [-0.05, 0) is 46.7 Å². The summed E-state index contributed by atoms with van der Waals surface area (Å²) >= 11 is 2.23. The Labute approximate surface area is 104 Å². The number of anilines is 2. The minimum Gasteiger partial charge on any atom is -0.399 e. The Kier molecular flexibility index (Phi) is 4.66. The van der Waals surface area contributed by atoms with Crippen molar-refractivity contribution >= 4 is 34.0 Å². The number of halogens is 1. The van der Waals surface area contributed by atoms with Gasteiger partial charge in [0.1, 0.15) is 0 Å². The third-order valence-electron chi connectivity index (χ3n) is 2.26. The van der Waals surface area contributed by atoms with Crippen LogP contribution in [0.1, 0.15) is 13.8 Å². The number of aliphatic hydroxyl groups excluding tert-OH is 1. The van der Waals surface area contributed by atoms with Crippen LogP contribution < -0.4 is 11.1 Å². The van der Waals surface area contributed by atoms with Crippen LogP contribution in [0.3, 0.4) is 0 Å². The van der Waals surface area contributed by atoms with E-state index in [1.54, 1.807) is 0 Å². The zero-order chi connectivity index (χ0) is 11.4. The average Bonchev–Trinajstić information content (AvgIpc) is 2.15. The van der Waals surface area contributed by atoms with E-state index in [-0.39, 0.29) is 12.0 Å². The van der Waals surface area contributed by atoms with Crippen LogP contribution in [-0.2, 0) is 0 Å². The molecule has 0 saturated carbocycles. The van der Waals surface area contributed by atoms with E-state index >= 15 is 0 Å². The minimum absolute atomic E-state index is 0.268. The van der Waals surface area contributed by atoms with Crippen molar-refractivity contribution in [2.75, 3.05) is 17.6 Å². The van der Waals surface area contributed by atoms with Gasteiger partial charge in [0.15, 0.2) is 0 Å². The Bertz CT molecular complexity index is 328. The molecule has 1 atom stereocenters. The van der Waals surface area contributed by atoms with Crippen LogP contribution in [0.4, 0.5) is 11.4 Å². The number of nitrogens with two attached hydrogens (primary N) is 1. The molecule has 0 aromatic heterocycles. The molecule has 0 saturated heterocycles. The third-order valence-corrected chi connectivity index (χ3v) is 3.16. The number of benzene rings is 1. The fourth-order valence-corrected chi connectivity index (χ4v) is 1.86. The molecule has 0 fully saturated rings. The van der Waals surface area contributed by atoms with Gasteiger partial charge in [0.2, 0.25) is 0 Å². The molecular formula is C11H17IN2O. The van der Waals surface area contributed by atoms with Crippen molar-refractivity contribution in [2.24, 2.45) is 5.92 Å². The predicted octanol–water partition coefficient (Wildman–Crippen LogP) is 2.30. The number of hydrogen-bond donors (Lipinski definition) is 3. The highest BCUT2D eigenvalue weighted by molar-refractivity contribution is 14.1. The molecule has 3 nitrogen and oxygen atoms in total. The summed E-state index contributed by atoms with van der Waals surface area (Å²) < 4.78 is 1.07. The van der Waals surface area contributed by atoms with Crippen LogP contribution in [-0.4, -0.2) is 17.8 Å². The first kappa shape index (κ1) is 12.6. The van der Waals surface area contributed by atoms with Crippen molar-refractivity contribution in [3.05, 3.63) is 21.8 Å². The van der Waals surface area contributed by atoms with Crippen LogP contribution in [0.2, 0.25) is 0 Å². The van der Waals surface area contributed by atoms with Gasteiger partial charge in [0.25, 0.3) is 0 Å². The molecule has 1 unspecified atom stereocenters. The normalized spacial score (nSPS) is 12.9. The lowest BCUT2D eigenvalue weighted by Crippen LogP contribution is -2.25. The Balaban J connectivity index is 2.58. The summed E-state index contributed by atoms with van der Waals surface area (Å²) in [6.07, 6.45) is -0.321. The lowest BCUT2D eigenvalue weighted by Gasteiger charge is -2.16. The standard InChI is InChI=1S/C11H17IN2O/c1-7(2)11(15)6-14-10-4-3-8(13)5-9(10)12/h3-5,7,11,14-15H,6,13H2,1-2H3.